The highest BCUT2D eigenvalue weighted by Crippen LogP contribution is 2.39. The highest BCUT2D eigenvalue weighted by atomic mass is 15.2. The zero-order valence-corrected chi connectivity index (χ0v) is 35.2. The Labute approximate surface area is 367 Å². The van der Waals surface area contributed by atoms with Crippen molar-refractivity contribution < 1.29 is 0 Å². The van der Waals surface area contributed by atoms with Crippen LogP contribution in [0.25, 0.3) is 33.4 Å². The van der Waals surface area contributed by atoms with Gasteiger partial charge in [0.05, 0.1) is 6.04 Å². The van der Waals surface area contributed by atoms with Crippen LogP contribution < -0.4 is 9.80 Å². The van der Waals surface area contributed by atoms with Crippen LogP contribution in [-0.4, -0.2) is 6.04 Å². The average Bonchev–Trinajstić information content (AvgIpc) is 3.36. The molecule has 10 rings (SSSR count). The van der Waals surface area contributed by atoms with Gasteiger partial charge in [-0.2, -0.15) is 0 Å². The third-order valence-corrected chi connectivity index (χ3v) is 12.8. The Morgan fingerprint density at radius 2 is 0.903 bits per heavy atom. The molecule has 0 heterocycles. The quantitative estimate of drug-likeness (QED) is 0.120. The third-order valence-electron chi connectivity index (χ3n) is 12.8. The van der Waals surface area contributed by atoms with Crippen LogP contribution in [0.3, 0.4) is 0 Å². The first-order valence-corrected chi connectivity index (χ1v) is 22.3. The van der Waals surface area contributed by atoms with E-state index >= 15 is 0 Å². The number of hydrogen-bond donors (Lipinski definition) is 0. The first-order chi connectivity index (χ1) is 30.7. The maximum absolute atomic E-state index is 2.50. The molecule has 0 aliphatic heterocycles. The Balaban J connectivity index is 0.824. The molecule has 2 nitrogen and oxygen atoms in total. The fourth-order valence-electron chi connectivity index (χ4n) is 9.37. The summed E-state index contributed by atoms with van der Waals surface area (Å²) in [6.07, 6.45) is 26.2. The Morgan fingerprint density at radius 3 is 1.40 bits per heavy atom. The molecule has 62 heavy (non-hydrogen) atoms. The Morgan fingerprint density at radius 1 is 0.387 bits per heavy atom. The topological polar surface area (TPSA) is 6.48 Å². The van der Waals surface area contributed by atoms with E-state index in [0.29, 0.717) is 11.8 Å². The van der Waals surface area contributed by atoms with Crippen LogP contribution in [0, 0.1) is 0 Å². The molecule has 302 valence electrons. The Kier molecular flexibility index (Phi) is 11.5. The van der Waals surface area contributed by atoms with Crippen LogP contribution in [0.1, 0.15) is 55.1 Å². The van der Waals surface area contributed by atoms with Crippen molar-refractivity contribution in [2.45, 2.75) is 50.0 Å². The number of rotatable bonds is 11. The molecule has 0 bridgehead atoms. The van der Waals surface area contributed by atoms with E-state index in [4.69, 9.17) is 0 Å². The second kappa shape index (κ2) is 18.2. The lowest BCUT2D eigenvalue weighted by atomic mass is 9.88. The van der Waals surface area contributed by atoms with Crippen LogP contribution >= 0.6 is 0 Å². The van der Waals surface area contributed by atoms with Gasteiger partial charge in [-0.3, -0.25) is 0 Å². The summed E-state index contributed by atoms with van der Waals surface area (Å²) < 4.78 is 0. The maximum Gasteiger partial charge on any atom is 0.0559 e. The summed E-state index contributed by atoms with van der Waals surface area (Å²) in [4.78, 5) is 4.85. The molecule has 3 atom stereocenters. The maximum atomic E-state index is 2.50. The summed E-state index contributed by atoms with van der Waals surface area (Å²) >= 11 is 0. The lowest BCUT2D eigenvalue weighted by Gasteiger charge is -2.35. The molecule has 0 fully saturated rings. The van der Waals surface area contributed by atoms with Crippen molar-refractivity contribution in [1.82, 2.24) is 0 Å². The molecular weight excluding hydrogens is 749 g/mol. The molecule has 0 aromatic heterocycles. The number of benzene rings is 7. The highest BCUT2D eigenvalue weighted by Gasteiger charge is 2.23. The molecule has 0 saturated heterocycles. The van der Waals surface area contributed by atoms with Gasteiger partial charge in [0, 0.05) is 34.4 Å². The van der Waals surface area contributed by atoms with E-state index < -0.39 is 0 Å². The number of allylic oxidation sites excluding steroid dienone is 7. The summed E-state index contributed by atoms with van der Waals surface area (Å²) in [6.45, 7) is 0. The average molecular weight is 801 g/mol. The van der Waals surface area contributed by atoms with Gasteiger partial charge in [-0.05, 0) is 137 Å². The Bertz CT molecular complexity index is 2720. The van der Waals surface area contributed by atoms with Gasteiger partial charge in [0.25, 0.3) is 0 Å². The predicted molar refractivity (Wildman–Crippen MR) is 263 cm³/mol. The van der Waals surface area contributed by atoms with E-state index in [9.17, 15) is 0 Å². The summed E-state index contributed by atoms with van der Waals surface area (Å²) in [5.74, 6) is 1.03. The van der Waals surface area contributed by atoms with E-state index in [1.54, 1.807) is 0 Å². The SMILES string of the molecule is C1=CCC(N(C2=CCC(c3ccccc3)C=C2)c2ccc(-c3ccc(-c4ccc(-c5ccc(N(c6ccccc6)c6ccc(C7CC=CCC7)cc6)cc5)cc4)cc3)cc2)C=C1. The van der Waals surface area contributed by atoms with Crippen LogP contribution in [0.5, 0.6) is 0 Å². The normalized spacial score (nSPS) is 18.0. The van der Waals surface area contributed by atoms with Crippen LogP contribution in [0.4, 0.5) is 22.7 Å². The molecule has 0 amide bonds. The van der Waals surface area contributed by atoms with Gasteiger partial charge < -0.3 is 9.80 Å². The predicted octanol–water partition coefficient (Wildman–Crippen LogP) is 16.3. The lowest BCUT2D eigenvalue weighted by molar-refractivity contribution is 0.617. The van der Waals surface area contributed by atoms with Gasteiger partial charge in [0.1, 0.15) is 0 Å². The van der Waals surface area contributed by atoms with Crippen molar-refractivity contribution in [3.63, 3.8) is 0 Å². The zero-order valence-electron chi connectivity index (χ0n) is 35.2. The molecule has 0 saturated carbocycles. The van der Waals surface area contributed by atoms with Crippen LogP contribution in [0.15, 0.2) is 242 Å². The van der Waals surface area contributed by atoms with E-state index in [2.05, 4.69) is 246 Å². The summed E-state index contributed by atoms with van der Waals surface area (Å²) in [7, 11) is 0. The first kappa shape index (κ1) is 39.0. The number of nitrogens with zero attached hydrogens (tertiary/aromatic N) is 2. The molecule has 7 aromatic rings. The van der Waals surface area contributed by atoms with E-state index in [1.165, 1.54) is 74.4 Å². The summed E-state index contributed by atoms with van der Waals surface area (Å²) in [6, 6.07) is 67.1. The van der Waals surface area contributed by atoms with Gasteiger partial charge in [-0.15, -0.1) is 0 Å². The van der Waals surface area contributed by atoms with Gasteiger partial charge in [-0.25, -0.2) is 0 Å². The zero-order chi connectivity index (χ0) is 41.5. The van der Waals surface area contributed by atoms with Crippen molar-refractivity contribution >= 4 is 22.7 Å². The fourth-order valence-corrected chi connectivity index (χ4v) is 9.37. The van der Waals surface area contributed by atoms with Gasteiger partial charge in [0.2, 0.25) is 0 Å². The molecule has 0 N–H and O–H groups in total. The number of hydrogen-bond acceptors (Lipinski definition) is 2. The summed E-state index contributed by atoms with van der Waals surface area (Å²) in [5.41, 5.74) is 16.0. The molecule has 0 spiro atoms. The highest BCUT2D eigenvalue weighted by molar-refractivity contribution is 5.79. The number of para-hydroxylation sites is 1. The minimum absolute atomic E-state index is 0.280. The Hall–Kier alpha value is -7.16. The lowest BCUT2D eigenvalue weighted by Crippen LogP contribution is -2.33. The molecule has 0 radical (unpaired) electrons. The minimum atomic E-state index is 0.280. The molecule has 2 heteroatoms. The third kappa shape index (κ3) is 8.55. The smallest absolute Gasteiger partial charge is 0.0559 e. The van der Waals surface area contributed by atoms with Gasteiger partial charge in [-0.1, -0.05) is 182 Å². The second-order valence-corrected chi connectivity index (χ2v) is 16.7. The van der Waals surface area contributed by atoms with E-state index in [-0.39, 0.29) is 6.04 Å². The van der Waals surface area contributed by atoms with Gasteiger partial charge in [0.15, 0.2) is 0 Å². The van der Waals surface area contributed by atoms with Crippen molar-refractivity contribution in [1.29, 1.82) is 0 Å². The first-order valence-electron chi connectivity index (χ1n) is 22.3. The molecule has 3 aliphatic rings. The van der Waals surface area contributed by atoms with Crippen molar-refractivity contribution in [3.8, 4) is 33.4 Å². The molecule has 3 unspecified atom stereocenters. The summed E-state index contributed by atoms with van der Waals surface area (Å²) in [5, 5.41) is 0. The minimum Gasteiger partial charge on any atom is -0.335 e. The van der Waals surface area contributed by atoms with E-state index in [0.717, 1.165) is 30.6 Å². The standard InChI is InChI=1S/C60H52N2/c1-5-13-45(14-6-1)51-29-37-57(38-30-51)61(55-17-9-3-10-18-55)59-41-33-53(34-42-59)49-25-21-47(22-26-49)48-23-27-50(28-24-48)54-35-43-60(44-36-54)62(56-19-11-4-12-20-56)58-39-31-52(32-40-58)46-15-7-2-8-16-46/h1-7,9-14,17,19-29,31-44,46,51,55H,8,15-16,18,30H2. The van der Waals surface area contributed by atoms with Crippen LogP contribution in [-0.2, 0) is 0 Å². The monoisotopic (exact) mass is 800 g/mol. The number of anilines is 4. The van der Waals surface area contributed by atoms with Crippen LogP contribution in [0.2, 0.25) is 0 Å². The molecule has 3 aliphatic carbocycles. The van der Waals surface area contributed by atoms with Crippen molar-refractivity contribution in [2.24, 2.45) is 0 Å². The van der Waals surface area contributed by atoms with Crippen molar-refractivity contribution in [2.75, 3.05) is 9.80 Å². The molecular formula is C60H52N2. The van der Waals surface area contributed by atoms with Gasteiger partial charge >= 0.3 is 0 Å². The fraction of sp³-hybridized carbons (Fsp3) is 0.133. The molecule has 7 aromatic carbocycles. The van der Waals surface area contributed by atoms with E-state index in [1.807, 2.05) is 0 Å². The largest absolute Gasteiger partial charge is 0.335 e. The van der Waals surface area contributed by atoms with Crippen molar-refractivity contribution in [3.05, 3.63) is 253 Å². The second-order valence-electron chi connectivity index (χ2n) is 16.7.